The molecule has 138 valence electrons. The van der Waals surface area contributed by atoms with Crippen molar-refractivity contribution in [3.8, 4) is 0 Å². The summed E-state index contributed by atoms with van der Waals surface area (Å²) in [6, 6.07) is 6.55. The van der Waals surface area contributed by atoms with Gasteiger partial charge in [0.25, 0.3) is 0 Å². The van der Waals surface area contributed by atoms with Gasteiger partial charge in [0.2, 0.25) is 5.91 Å². The van der Waals surface area contributed by atoms with Gasteiger partial charge in [-0.25, -0.2) is 9.37 Å². The van der Waals surface area contributed by atoms with E-state index < -0.39 is 0 Å². The highest BCUT2D eigenvalue weighted by molar-refractivity contribution is 5.79. The molecular formula is C21H26FN3O. The van der Waals surface area contributed by atoms with E-state index in [-0.39, 0.29) is 11.7 Å². The average Bonchev–Trinajstić information content (AvgIpc) is 3.10. The Labute approximate surface area is 154 Å². The highest BCUT2D eigenvalue weighted by atomic mass is 19.1. The van der Waals surface area contributed by atoms with Crippen molar-refractivity contribution >= 4 is 5.91 Å². The molecule has 1 heterocycles. The number of rotatable bonds is 7. The van der Waals surface area contributed by atoms with Gasteiger partial charge in [0.05, 0.1) is 6.54 Å². The molecule has 0 radical (unpaired) electrons. The molecule has 2 aromatic rings. The van der Waals surface area contributed by atoms with Gasteiger partial charge in [-0.05, 0) is 49.3 Å². The molecule has 0 saturated heterocycles. The number of aromatic nitrogens is 2. The standard InChI is InChI=1S/C21H26FN3O/c22-19-9-7-17(8-10-19)13-24-12-11-23-20(24)15-25(14-16-5-6-16)21(26)18-3-1-2-4-18/h7-12,16,18H,1-6,13-15H2. The number of halogens is 1. The van der Waals surface area contributed by atoms with Crippen molar-refractivity contribution in [3.63, 3.8) is 0 Å². The zero-order valence-electron chi connectivity index (χ0n) is 15.1. The van der Waals surface area contributed by atoms with Crippen molar-refractivity contribution in [1.29, 1.82) is 0 Å². The number of benzene rings is 1. The van der Waals surface area contributed by atoms with E-state index in [2.05, 4.69) is 9.55 Å². The molecule has 1 amide bonds. The minimum atomic E-state index is -0.225. The van der Waals surface area contributed by atoms with Gasteiger partial charge >= 0.3 is 0 Å². The van der Waals surface area contributed by atoms with Gasteiger partial charge in [0.15, 0.2) is 0 Å². The van der Waals surface area contributed by atoms with Gasteiger partial charge in [0, 0.05) is 31.4 Å². The second-order valence-corrected chi connectivity index (χ2v) is 7.74. The van der Waals surface area contributed by atoms with Crippen LogP contribution < -0.4 is 0 Å². The number of amides is 1. The number of carbonyl (C=O) groups excluding carboxylic acids is 1. The first-order valence-electron chi connectivity index (χ1n) is 9.72. The third-order valence-corrected chi connectivity index (χ3v) is 5.59. The Hall–Kier alpha value is -2.17. The summed E-state index contributed by atoms with van der Waals surface area (Å²) in [4.78, 5) is 19.5. The molecule has 2 fully saturated rings. The van der Waals surface area contributed by atoms with Crippen molar-refractivity contribution in [2.45, 2.75) is 51.6 Å². The largest absolute Gasteiger partial charge is 0.335 e. The van der Waals surface area contributed by atoms with Crippen LogP contribution in [0, 0.1) is 17.7 Å². The fourth-order valence-electron chi connectivity index (χ4n) is 3.87. The number of imidazole rings is 1. The quantitative estimate of drug-likeness (QED) is 0.753. The normalized spacial score (nSPS) is 17.6. The summed E-state index contributed by atoms with van der Waals surface area (Å²) in [6.45, 7) is 2.07. The lowest BCUT2D eigenvalue weighted by molar-refractivity contribution is -0.136. The van der Waals surface area contributed by atoms with E-state index in [4.69, 9.17) is 0 Å². The third kappa shape index (κ3) is 4.14. The fourth-order valence-corrected chi connectivity index (χ4v) is 3.87. The summed E-state index contributed by atoms with van der Waals surface area (Å²) in [6.07, 6.45) is 10.6. The number of hydrogen-bond donors (Lipinski definition) is 0. The predicted octanol–water partition coefficient (Wildman–Crippen LogP) is 4.00. The molecule has 4 nitrogen and oxygen atoms in total. The molecule has 5 heteroatoms. The Kier molecular flexibility index (Phi) is 5.05. The lowest BCUT2D eigenvalue weighted by Crippen LogP contribution is -2.37. The highest BCUT2D eigenvalue weighted by Gasteiger charge is 2.32. The first-order valence-corrected chi connectivity index (χ1v) is 9.72. The van der Waals surface area contributed by atoms with E-state index in [9.17, 15) is 9.18 Å². The monoisotopic (exact) mass is 355 g/mol. The first kappa shape index (κ1) is 17.3. The minimum absolute atomic E-state index is 0.203. The smallest absolute Gasteiger partial charge is 0.226 e. The van der Waals surface area contributed by atoms with Crippen LogP contribution in [-0.2, 0) is 17.9 Å². The van der Waals surface area contributed by atoms with Crippen molar-refractivity contribution in [3.05, 3.63) is 53.9 Å². The number of carbonyl (C=O) groups is 1. The summed E-state index contributed by atoms with van der Waals surface area (Å²) in [7, 11) is 0. The molecule has 0 spiro atoms. The molecule has 1 aromatic carbocycles. The zero-order chi connectivity index (χ0) is 17.9. The molecule has 0 atom stereocenters. The van der Waals surface area contributed by atoms with Crippen LogP contribution in [0.3, 0.4) is 0 Å². The molecule has 1 aromatic heterocycles. The van der Waals surface area contributed by atoms with Crippen LogP contribution in [0.2, 0.25) is 0 Å². The van der Waals surface area contributed by atoms with Crippen molar-refractivity contribution in [1.82, 2.24) is 14.5 Å². The molecule has 0 aliphatic heterocycles. The van der Waals surface area contributed by atoms with Gasteiger partial charge in [-0.2, -0.15) is 0 Å². The van der Waals surface area contributed by atoms with E-state index >= 15 is 0 Å². The van der Waals surface area contributed by atoms with Crippen LogP contribution in [0.4, 0.5) is 4.39 Å². The van der Waals surface area contributed by atoms with Gasteiger partial charge in [-0.3, -0.25) is 4.79 Å². The number of nitrogens with zero attached hydrogens (tertiary/aromatic N) is 3. The van der Waals surface area contributed by atoms with Crippen LogP contribution >= 0.6 is 0 Å². The van der Waals surface area contributed by atoms with E-state index in [0.717, 1.165) is 30.8 Å². The summed E-state index contributed by atoms with van der Waals surface area (Å²) >= 11 is 0. The topological polar surface area (TPSA) is 38.1 Å². The second kappa shape index (κ2) is 7.60. The van der Waals surface area contributed by atoms with E-state index in [1.54, 1.807) is 18.3 Å². The Morgan fingerprint density at radius 3 is 2.58 bits per heavy atom. The van der Waals surface area contributed by atoms with Crippen LogP contribution in [0.15, 0.2) is 36.7 Å². The van der Waals surface area contributed by atoms with Crippen LogP contribution in [0.1, 0.15) is 49.9 Å². The predicted molar refractivity (Wildman–Crippen MR) is 97.8 cm³/mol. The zero-order valence-corrected chi connectivity index (χ0v) is 15.1. The maximum absolute atomic E-state index is 13.1. The van der Waals surface area contributed by atoms with Crippen molar-refractivity contribution in [2.24, 2.45) is 11.8 Å². The van der Waals surface area contributed by atoms with Gasteiger partial charge in [0.1, 0.15) is 11.6 Å². The van der Waals surface area contributed by atoms with Gasteiger partial charge in [-0.1, -0.05) is 25.0 Å². The molecular weight excluding hydrogens is 329 g/mol. The van der Waals surface area contributed by atoms with Crippen LogP contribution in [-0.4, -0.2) is 26.9 Å². The Bertz CT molecular complexity index is 745. The average molecular weight is 355 g/mol. The second-order valence-electron chi connectivity index (χ2n) is 7.74. The maximum atomic E-state index is 13.1. The summed E-state index contributed by atoms with van der Waals surface area (Å²) < 4.78 is 15.2. The molecule has 0 unspecified atom stereocenters. The first-order chi connectivity index (χ1) is 12.7. The summed E-state index contributed by atoms with van der Waals surface area (Å²) in [5.41, 5.74) is 1.03. The van der Waals surface area contributed by atoms with Crippen molar-refractivity contribution < 1.29 is 9.18 Å². The van der Waals surface area contributed by atoms with Crippen LogP contribution in [0.25, 0.3) is 0 Å². The lowest BCUT2D eigenvalue weighted by atomic mass is 10.1. The molecule has 2 saturated carbocycles. The molecule has 26 heavy (non-hydrogen) atoms. The molecule has 0 bridgehead atoms. The Morgan fingerprint density at radius 1 is 1.15 bits per heavy atom. The van der Waals surface area contributed by atoms with Gasteiger partial charge < -0.3 is 9.47 Å². The molecule has 0 N–H and O–H groups in total. The minimum Gasteiger partial charge on any atom is -0.335 e. The fraction of sp³-hybridized carbons (Fsp3) is 0.524. The number of hydrogen-bond acceptors (Lipinski definition) is 2. The summed E-state index contributed by atoms with van der Waals surface area (Å²) in [5, 5.41) is 0. The van der Waals surface area contributed by atoms with Crippen LogP contribution in [0.5, 0.6) is 0 Å². The van der Waals surface area contributed by atoms with E-state index in [0.29, 0.717) is 24.9 Å². The highest BCUT2D eigenvalue weighted by Crippen LogP contribution is 2.33. The molecule has 2 aliphatic carbocycles. The van der Waals surface area contributed by atoms with E-state index in [1.807, 2.05) is 11.1 Å². The third-order valence-electron chi connectivity index (χ3n) is 5.59. The van der Waals surface area contributed by atoms with E-state index in [1.165, 1.54) is 37.8 Å². The lowest BCUT2D eigenvalue weighted by Gasteiger charge is -2.26. The Balaban J connectivity index is 1.47. The van der Waals surface area contributed by atoms with Crippen molar-refractivity contribution in [2.75, 3.05) is 6.54 Å². The SMILES string of the molecule is O=C(C1CCCC1)N(Cc1nccn1Cc1ccc(F)cc1)CC1CC1. The Morgan fingerprint density at radius 2 is 1.88 bits per heavy atom. The molecule has 4 rings (SSSR count). The maximum Gasteiger partial charge on any atom is 0.226 e. The summed E-state index contributed by atoms with van der Waals surface area (Å²) in [5.74, 6) is 1.86. The molecule has 2 aliphatic rings. The van der Waals surface area contributed by atoms with Gasteiger partial charge in [-0.15, -0.1) is 0 Å².